The molecule has 0 aliphatic heterocycles. The molecule has 0 bridgehead atoms. The van der Waals surface area contributed by atoms with Crippen molar-refractivity contribution in [3.63, 3.8) is 0 Å². The number of hydrogen-bond donors (Lipinski definition) is 2. The van der Waals surface area contributed by atoms with E-state index >= 15 is 0 Å². The highest BCUT2D eigenvalue weighted by molar-refractivity contribution is 7.99. The monoisotopic (exact) mass is 264 g/mol. The number of anilines is 1. The Hall–Kier alpha value is -2.08. The highest BCUT2D eigenvalue weighted by Crippen LogP contribution is 2.29. The standard InChI is InChI=1S/C12H9FN2O2S/c13-7-1-3-8(4-2-7)18-9-5-10(14)11(12(16)17)15-6-9/h1-6H,14H2,(H,16,17). The second-order valence-electron chi connectivity index (χ2n) is 3.47. The third kappa shape index (κ3) is 2.78. The zero-order valence-corrected chi connectivity index (χ0v) is 9.95. The number of aromatic carboxylic acids is 1. The molecule has 0 aliphatic carbocycles. The smallest absolute Gasteiger partial charge is 0.356 e. The lowest BCUT2D eigenvalue weighted by Gasteiger charge is -2.04. The molecule has 3 N–H and O–H groups in total. The normalized spacial score (nSPS) is 10.3. The predicted octanol–water partition coefficient (Wildman–Crippen LogP) is 2.65. The number of pyridine rings is 1. The summed E-state index contributed by atoms with van der Waals surface area (Å²) < 4.78 is 12.7. The molecule has 0 aliphatic rings. The number of halogens is 1. The summed E-state index contributed by atoms with van der Waals surface area (Å²) in [6.45, 7) is 0. The molecule has 2 aromatic rings. The van der Waals surface area contributed by atoms with Crippen molar-refractivity contribution in [2.75, 3.05) is 5.73 Å². The van der Waals surface area contributed by atoms with E-state index in [0.717, 1.165) is 4.90 Å². The molecule has 0 radical (unpaired) electrons. The van der Waals surface area contributed by atoms with E-state index in [-0.39, 0.29) is 17.2 Å². The van der Waals surface area contributed by atoms with Gasteiger partial charge in [0.15, 0.2) is 5.69 Å². The highest BCUT2D eigenvalue weighted by atomic mass is 32.2. The lowest BCUT2D eigenvalue weighted by molar-refractivity contribution is 0.0691. The number of carboxylic acids is 1. The zero-order valence-electron chi connectivity index (χ0n) is 9.13. The summed E-state index contributed by atoms with van der Waals surface area (Å²) in [6, 6.07) is 7.49. The van der Waals surface area contributed by atoms with Crippen molar-refractivity contribution >= 4 is 23.4 Å². The molecule has 6 heteroatoms. The van der Waals surface area contributed by atoms with Crippen LogP contribution in [0.25, 0.3) is 0 Å². The third-order valence-electron chi connectivity index (χ3n) is 2.14. The second-order valence-corrected chi connectivity index (χ2v) is 4.62. The van der Waals surface area contributed by atoms with E-state index in [2.05, 4.69) is 4.98 Å². The number of nitrogens with two attached hydrogens (primary N) is 1. The number of carbonyl (C=O) groups is 1. The van der Waals surface area contributed by atoms with Gasteiger partial charge in [-0.25, -0.2) is 14.2 Å². The molecule has 92 valence electrons. The van der Waals surface area contributed by atoms with Crippen LogP contribution in [0.5, 0.6) is 0 Å². The number of carboxylic acid groups (broad SMARTS) is 1. The van der Waals surface area contributed by atoms with Crippen molar-refractivity contribution in [3.8, 4) is 0 Å². The van der Waals surface area contributed by atoms with Crippen LogP contribution in [0.15, 0.2) is 46.3 Å². The van der Waals surface area contributed by atoms with E-state index in [4.69, 9.17) is 10.8 Å². The summed E-state index contributed by atoms with van der Waals surface area (Å²) in [5.74, 6) is -1.47. The van der Waals surface area contributed by atoms with Crippen LogP contribution in [-0.2, 0) is 0 Å². The minimum atomic E-state index is -1.16. The Kier molecular flexibility index (Phi) is 3.47. The van der Waals surface area contributed by atoms with E-state index in [9.17, 15) is 9.18 Å². The van der Waals surface area contributed by atoms with E-state index in [1.165, 1.54) is 36.2 Å². The Morgan fingerprint density at radius 1 is 1.28 bits per heavy atom. The van der Waals surface area contributed by atoms with Crippen molar-refractivity contribution in [3.05, 3.63) is 48.0 Å². The van der Waals surface area contributed by atoms with E-state index < -0.39 is 5.97 Å². The molecule has 0 saturated carbocycles. The molecule has 1 aromatic carbocycles. The number of hydrogen-bond acceptors (Lipinski definition) is 4. The van der Waals surface area contributed by atoms with Gasteiger partial charge < -0.3 is 10.8 Å². The fourth-order valence-corrected chi connectivity index (χ4v) is 2.17. The van der Waals surface area contributed by atoms with Gasteiger partial charge in [0.1, 0.15) is 5.82 Å². The van der Waals surface area contributed by atoms with Crippen molar-refractivity contribution in [2.24, 2.45) is 0 Å². The van der Waals surface area contributed by atoms with Gasteiger partial charge in [0.25, 0.3) is 0 Å². The first kappa shape index (κ1) is 12.4. The molecule has 0 saturated heterocycles. The Balaban J connectivity index is 2.22. The van der Waals surface area contributed by atoms with Crippen LogP contribution in [0.3, 0.4) is 0 Å². The minimum Gasteiger partial charge on any atom is -0.476 e. The van der Waals surface area contributed by atoms with E-state index in [0.29, 0.717) is 4.90 Å². The molecule has 0 unspecified atom stereocenters. The Labute approximate surface area is 107 Å². The SMILES string of the molecule is Nc1cc(Sc2ccc(F)cc2)cnc1C(=O)O. The van der Waals surface area contributed by atoms with Gasteiger partial charge in [0.2, 0.25) is 0 Å². The van der Waals surface area contributed by atoms with Crippen LogP contribution in [0.1, 0.15) is 10.5 Å². The van der Waals surface area contributed by atoms with Gasteiger partial charge in [0, 0.05) is 16.0 Å². The van der Waals surface area contributed by atoms with Crippen molar-refractivity contribution < 1.29 is 14.3 Å². The molecule has 0 spiro atoms. The summed E-state index contributed by atoms with van der Waals surface area (Å²) in [7, 11) is 0. The lowest BCUT2D eigenvalue weighted by atomic mass is 10.3. The topological polar surface area (TPSA) is 76.2 Å². The maximum absolute atomic E-state index is 12.7. The minimum absolute atomic E-state index is 0.106. The van der Waals surface area contributed by atoms with Crippen molar-refractivity contribution in [2.45, 2.75) is 9.79 Å². The summed E-state index contributed by atoms with van der Waals surface area (Å²) in [5.41, 5.74) is 5.52. The van der Waals surface area contributed by atoms with Gasteiger partial charge in [0.05, 0.1) is 5.69 Å². The number of aromatic nitrogens is 1. The molecule has 18 heavy (non-hydrogen) atoms. The number of benzene rings is 1. The molecular formula is C12H9FN2O2S. The van der Waals surface area contributed by atoms with Crippen LogP contribution in [0.4, 0.5) is 10.1 Å². The van der Waals surface area contributed by atoms with Gasteiger partial charge in [-0.15, -0.1) is 0 Å². The van der Waals surface area contributed by atoms with Crippen LogP contribution < -0.4 is 5.73 Å². The van der Waals surface area contributed by atoms with Crippen LogP contribution in [0, 0.1) is 5.82 Å². The first-order chi connectivity index (χ1) is 8.56. The lowest BCUT2D eigenvalue weighted by Crippen LogP contribution is -2.05. The fourth-order valence-electron chi connectivity index (χ4n) is 1.33. The van der Waals surface area contributed by atoms with Crippen LogP contribution in [-0.4, -0.2) is 16.1 Å². The molecule has 0 amide bonds. The largest absolute Gasteiger partial charge is 0.476 e. The maximum atomic E-state index is 12.7. The number of nitrogen functional groups attached to an aromatic ring is 1. The Morgan fingerprint density at radius 2 is 1.94 bits per heavy atom. The first-order valence-corrected chi connectivity index (χ1v) is 5.80. The van der Waals surface area contributed by atoms with E-state index in [1.807, 2.05) is 0 Å². The molecule has 0 fully saturated rings. The van der Waals surface area contributed by atoms with Gasteiger partial charge in [-0.2, -0.15) is 0 Å². The van der Waals surface area contributed by atoms with Crippen LogP contribution in [0.2, 0.25) is 0 Å². The molecule has 4 nitrogen and oxygen atoms in total. The highest BCUT2D eigenvalue weighted by Gasteiger charge is 2.10. The second kappa shape index (κ2) is 5.05. The molecule has 1 aromatic heterocycles. The van der Waals surface area contributed by atoms with Gasteiger partial charge in [-0.05, 0) is 30.3 Å². The van der Waals surface area contributed by atoms with Crippen molar-refractivity contribution in [1.82, 2.24) is 4.98 Å². The average molecular weight is 264 g/mol. The number of rotatable bonds is 3. The Morgan fingerprint density at radius 3 is 2.50 bits per heavy atom. The van der Waals surface area contributed by atoms with E-state index in [1.54, 1.807) is 12.1 Å². The van der Waals surface area contributed by atoms with Gasteiger partial charge in [-0.1, -0.05) is 11.8 Å². The summed E-state index contributed by atoms with van der Waals surface area (Å²) >= 11 is 1.33. The third-order valence-corrected chi connectivity index (χ3v) is 3.11. The quantitative estimate of drug-likeness (QED) is 0.891. The van der Waals surface area contributed by atoms with Gasteiger partial charge in [-0.3, -0.25) is 0 Å². The summed E-state index contributed by atoms with van der Waals surface area (Å²) in [5, 5.41) is 8.79. The first-order valence-electron chi connectivity index (χ1n) is 4.98. The summed E-state index contributed by atoms with van der Waals surface area (Å²) in [6.07, 6.45) is 1.42. The van der Waals surface area contributed by atoms with Crippen molar-refractivity contribution in [1.29, 1.82) is 0 Å². The zero-order chi connectivity index (χ0) is 13.1. The molecular weight excluding hydrogens is 255 g/mol. The molecule has 2 rings (SSSR count). The Bertz CT molecular complexity index is 587. The fraction of sp³-hybridized carbons (Fsp3) is 0. The molecule has 0 atom stereocenters. The number of nitrogens with zero attached hydrogens (tertiary/aromatic N) is 1. The molecule has 1 heterocycles. The average Bonchev–Trinajstić information content (AvgIpc) is 2.32. The van der Waals surface area contributed by atoms with Gasteiger partial charge >= 0.3 is 5.97 Å². The summed E-state index contributed by atoms with van der Waals surface area (Å²) in [4.78, 5) is 16.0. The van der Waals surface area contributed by atoms with Crippen LogP contribution >= 0.6 is 11.8 Å². The predicted molar refractivity (Wildman–Crippen MR) is 66.1 cm³/mol. The maximum Gasteiger partial charge on any atom is 0.356 e.